The highest BCUT2D eigenvalue weighted by atomic mass is 79.9. The van der Waals surface area contributed by atoms with E-state index in [-0.39, 0.29) is 4.83 Å². The van der Waals surface area contributed by atoms with Crippen molar-refractivity contribution >= 4 is 43.5 Å². The Morgan fingerprint density at radius 2 is 1.94 bits per heavy atom. The van der Waals surface area contributed by atoms with Gasteiger partial charge in [0.2, 0.25) is 0 Å². The zero-order valence-corrected chi connectivity index (χ0v) is 13.9. The first-order chi connectivity index (χ1) is 8.56. The summed E-state index contributed by atoms with van der Waals surface area (Å²) in [6, 6.07) is 14.5. The van der Waals surface area contributed by atoms with Crippen LogP contribution in [0.1, 0.15) is 21.5 Å². The fourth-order valence-corrected chi connectivity index (χ4v) is 3.95. The van der Waals surface area contributed by atoms with E-state index in [1.807, 2.05) is 12.1 Å². The molecule has 0 aliphatic carbocycles. The second kappa shape index (κ2) is 6.23. The van der Waals surface area contributed by atoms with E-state index in [0.717, 1.165) is 15.9 Å². The second-order valence-electron chi connectivity index (χ2n) is 4.33. The van der Waals surface area contributed by atoms with Gasteiger partial charge in [-0.15, -0.1) is 0 Å². The molecule has 0 radical (unpaired) electrons. The summed E-state index contributed by atoms with van der Waals surface area (Å²) in [4.78, 5) is 0.283. The summed E-state index contributed by atoms with van der Waals surface area (Å²) in [7, 11) is 0. The van der Waals surface area contributed by atoms with E-state index < -0.39 is 0 Å². The van der Waals surface area contributed by atoms with Gasteiger partial charge in [0.15, 0.2) is 0 Å². The zero-order chi connectivity index (χ0) is 13.1. The van der Waals surface area contributed by atoms with Crippen molar-refractivity contribution in [3.63, 3.8) is 0 Å². The van der Waals surface area contributed by atoms with E-state index in [0.29, 0.717) is 0 Å². The Bertz CT molecular complexity index is 552. The van der Waals surface area contributed by atoms with E-state index in [4.69, 9.17) is 11.6 Å². The van der Waals surface area contributed by atoms with Crippen LogP contribution in [0.2, 0.25) is 5.02 Å². The first-order valence-electron chi connectivity index (χ1n) is 5.71. The molecule has 0 amide bonds. The van der Waals surface area contributed by atoms with Crippen molar-refractivity contribution in [3.05, 3.63) is 68.7 Å². The van der Waals surface area contributed by atoms with Crippen LogP contribution >= 0.6 is 43.5 Å². The SMILES string of the molecule is Cc1cccc(CC(Br)c2ccc(Cl)cc2Br)c1. The Hall–Kier alpha value is -0.310. The molecule has 0 fully saturated rings. The highest BCUT2D eigenvalue weighted by Gasteiger charge is 2.12. The van der Waals surface area contributed by atoms with Crippen LogP contribution in [0.25, 0.3) is 0 Å². The standard InChI is InChI=1S/C15H13Br2Cl/c1-10-3-2-4-11(7-10)8-14(16)13-6-5-12(18)9-15(13)17/h2-7,9,14H,8H2,1H3. The quantitative estimate of drug-likeness (QED) is 0.558. The lowest BCUT2D eigenvalue weighted by molar-refractivity contribution is 0.941. The molecule has 0 aliphatic heterocycles. The van der Waals surface area contributed by atoms with Gasteiger partial charge in [-0.3, -0.25) is 0 Å². The molecule has 2 rings (SSSR count). The highest BCUT2D eigenvalue weighted by molar-refractivity contribution is 9.11. The molecule has 0 heterocycles. The summed E-state index contributed by atoms with van der Waals surface area (Å²) in [6.07, 6.45) is 0.960. The van der Waals surface area contributed by atoms with Gasteiger partial charge in [-0.1, -0.05) is 79.4 Å². The van der Waals surface area contributed by atoms with Crippen LogP contribution in [0.5, 0.6) is 0 Å². The van der Waals surface area contributed by atoms with Gasteiger partial charge in [0, 0.05) is 14.3 Å². The third-order valence-corrected chi connectivity index (χ3v) is 4.54. The fourth-order valence-electron chi connectivity index (χ4n) is 1.91. The molecule has 0 spiro atoms. The van der Waals surface area contributed by atoms with Gasteiger partial charge in [-0.05, 0) is 36.6 Å². The molecule has 18 heavy (non-hydrogen) atoms. The molecule has 0 aromatic heterocycles. The molecule has 0 bridgehead atoms. The summed E-state index contributed by atoms with van der Waals surface area (Å²) in [5, 5.41) is 0.751. The van der Waals surface area contributed by atoms with Crippen molar-refractivity contribution in [2.24, 2.45) is 0 Å². The largest absolute Gasteiger partial charge is 0.0843 e. The summed E-state index contributed by atoms with van der Waals surface area (Å²) in [6.45, 7) is 2.12. The van der Waals surface area contributed by atoms with Gasteiger partial charge in [0.05, 0.1) is 0 Å². The number of hydrogen-bond acceptors (Lipinski definition) is 0. The number of benzene rings is 2. The van der Waals surface area contributed by atoms with Crippen molar-refractivity contribution in [1.29, 1.82) is 0 Å². The molecule has 2 aromatic rings. The van der Waals surface area contributed by atoms with E-state index in [1.54, 1.807) is 0 Å². The van der Waals surface area contributed by atoms with Crippen LogP contribution < -0.4 is 0 Å². The van der Waals surface area contributed by atoms with Crippen molar-refractivity contribution in [2.75, 3.05) is 0 Å². The third-order valence-electron chi connectivity index (χ3n) is 2.80. The molecule has 2 aromatic carbocycles. The lowest BCUT2D eigenvalue weighted by Crippen LogP contribution is -1.97. The molecule has 0 saturated heterocycles. The number of hydrogen-bond donors (Lipinski definition) is 0. The molecule has 1 atom stereocenters. The molecule has 3 heteroatoms. The predicted molar refractivity (Wildman–Crippen MR) is 85.7 cm³/mol. The Balaban J connectivity index is 2.19. The maximum absolute atomic E-state index is 5.96. The van der Waals surface area contributed by atoms with Crippen molar-refractivity contribution < 1.29 is 0 Å². The Morgan fingerprint density at radius 3 is 2.61 bits per heavy atom. The minimum absolute atomic E-state index is 0.283. The van der Waals surface area contributed by atoms with E-state index in [9.17, 15) is 0 Å². The summed E-state index contributed by atoms with van der Waals surface area (Å²) >= 11 is 13.3. The van der Waals surface area contributed by atoms with Crippen LogP contribution in [-0.4, -0.2) is 0 Å². The number of halogens is 3. The second-order valence-corrected chi connectivity index (χ2v) is 6.72. The fraction of sp³-hybridized carbons (Fsp3) is 0.200. The van der Waals surface area contributed by atoms with Gasteiger partial charge in [0.25, 0.3) is 0 Å². The van der Waals surface area contributed by atoms with Crippen LogP contribution in [-0.2, 0) is 6.42 Å². The molecule has 0 saturated carbocycles. The van der Waals surface area contributed by atoms with Crippen LogP contribution in [0.3, 0.4) is 0 Å². The molecular weight excluding hydrogens is 375 g/mol. The number of alkyl halides is 1. The first-order valence-corrected chi connectivity index (χ1v) is 7.79. The number of aryl methyl sites for hydroxylation is 1. The zero-order valence-electron chi connectivity index (χ0n) is 9.96. The van der Waals surface area contributed by atoms with E-state index >= 15 is 0 Å². The summed E-state index contributed by atoms with van der Waals surface area (Å²) < 4.78 is 1.05. The summed E-state index contributed by atoms with van der Waals surface area (Å²) in [5.74, 6) is 0. The predicted octanol–water partition coefficient (Wildman–Crippen LogP) is 6.09. The van der Waals surface area contributed by atoms with Crippen molar-refractivity contribution in [1.82, 2.24) is 0 Å². The summed E-state index contributed by atoms with van der Waals surface area (Å²) in [5.41, 5.74) is 3.85. The van der Waals surface area contributed by atoms with Gasteiger partial charge in [-0.2, -0.15) is 0 Å². The Morgan fingerprint density at radius 1 is 1.17 bits per heavy atom. The topological polar surface area (TPSA) is 0 Å². The minimum atomic E-state index is 0.283. The molecule has 0 aliphatic rings. The van der Waals surface area contributed by atoms with Gasteiger partial charge >= 0.3 is 0 Å². The highest BCUT2D eigenvalue weighted by Crippen LogP contribution is 2.34. The normalized spacial score (nSPS) is 12.4. The smallest absolute Gasteiger partial charge is 0.0446 e. The maximum atomic E-state index is 5.96. The monoisotopic (exact) mass is 386 g/mol. The Kier molecular flexibility index (Phi) is 4.88. The Labute approximate surface area is 130 Å². The van der Waals surface area contributed by atoms with Gasteiger partial charge in [-0.25, -0.2) is 0 Å². The van der Waals surface area contributed by atoms with Gasteiger partial charge < -0.3 is 0 Å². The van der Waals surface area contributed by atoms with E-state index in [1.165, 1.54) is 16.7 Å². The average Bonchev–Trinajstić information content (AvgIpc) is 2.28. The molecule has 94 valence electrons. The molecule has 0 N–H and O–H groups in total. The molecule has 0 nitrogen and oxygen atoms in total. The average molecular weight is 389 g/mol. The van der Waals surface area contributed by atoms with Crippen molar-refractivity contribution in [2.45, 2.75) is 18.2 Å². The lowest BCUT2D eigenvalue weighted by atomic mass is 10.0. The van der Waals surface area contributed by atoms with Crippen molar-refractivity contribution in [3.8, 4) is 0 Å². The minimum Gasteiger partial charge on any atom is -0.0843 e. The lowest BCUT2D eigenvalue weighted by Gasteiger charge is -2.13. The van der Waals surface area contributed by atoms with Crippen LogP contribution in [0.15, 0.2) is 46.9 Å². The number of rotatable bonds is 3. The molecule has 1 unspecified atom stereocenters. The third kappa shape index (κ3) is 3.59. The van der Waals surface area contributed by atoms with Crippen LogP contribution in [0, 0.1) is 6.92 Å². The van der Waals surface area contributed by atoms with Gasteiger partial charge in [0.1, 0.15) is 0 Å². The first kappa shape index (κ1) is 14.1. The van der Waals surface area contributed by atoms with Crippen LogP contribution in [0.4, 0.5) is 0 Å². The maximum Gasteiger partial charge on any atom is 0.0446 e. The van der Waals surface area contributed by atoms with E-state index in [2.05, 4.69) is 69.1 Å². The molecular formula is C15H13Br2Cl.